The van der Waals surface area contributed by atoms with Crippen LogP contribution in [-0.2, 0) is 17.7 Å². The van der Waals surface area contributed by atoms with E-state index in [1.54, 1.807) is 4.90 Å². The van der Waals surface area contributed by atoms with Gasteiger partial charge in [0.1, 0.15) is 5.60 Å². The molecular weight excluding hydrogens is 360 g/mol. The standard InChI is InChI=1S/C22H23ClN2O2/c1-22(2,3)27-21(26)24-12-11-20-18(14-24)17-13-15(23)9-10-19(17)25(20)16-7-5-4-6-8-16/h4-10,13H,11-12,14H2,1-3H3. The quantitative estimate of drug-likeness (QED) is 0.550. The fourth-order valence-electron chi connectivity index (χ4n) is 3.68. The Kier molecular flexibility index (Phi) is 4.39. The summed E-state index contributed by atoms with van der Waals surface area (Å²) in [6.45, 7) is 6.84. The van der Waals surface area contributed by atoms with Crippen LogP contribution in [0.1, 0.15) is 32.0 Å². The molecule has 140 valence electrons. The number of ether oxygens (including phenoxy) is 1. The number of hydrogen-bond donors (Lipinski definition) is 0. The van der Waals surface area contributed by atoms with Gasteiger partial charge in [-0.1, -0.05) is 29.8 Å². The van der Waals surface area contributed by atoms with Crippen molar-refractivity contribution < 1.29 is 9.53 Å². The van der Waals surface area contributed by atoms with Gasteiger partial charge in [0.15, 0.2) is 0 Å². The highest BCUT2D eigenvalue weighted by Gasteiger charge is 2.29. The average molecular weight is 383 g/mol. The molecule has 0 atom stereocenters. The zero-order chi connectivity index (χ0) is 19.2. The number of fused-ring (bicyclic) bond motifs is 3. The van der Waals surface area contributed by atoms with Gasteiger partial charge in [0, 0.05) is 40.3 Å². The SMILES string of the molecule is CC(C)(C)OC(=O)N1CCc2c(c3cc(Cl)ccc3n2-c2ccccc2)C1. The largest absolute Gasteiger partial charge is 0.444 e. The first-order valence-electron chi connectivity index (χ1n) is 9.18. The summed E-state index contributed by atoms with van der Waals surface area (Å²) in [4.78, 5) is 14.4. The van der Waals surface area contributed by atoms with Gasteiger partial charge in [0.25, 0.3) is 0 Å². The number of aromatic nitrogens is 1. The number of hydrogen-bond acceptors (Lipinski definition) is 2. The minimum atomic E-state index is -0.501. The van der Waals surface area contributed by atoms with Crippen molar-refractivity contribution in [3.05, 3.63) is 64.8 Å². The molecule has 27 heavy (non-hydrogen) atoms. The molecule has 1 aliphatic rings. The van der Waals surface area contributed by atoms with Crippen molar-refractivity contribution in [3.8, 4) is 5.69 Å². The Labute approximate surface area is 164 Å². The first-order valence-corrected chi connectivity index (χ1v) is 9.56. The lowest BCUT2D eigenvalue weighted by atomic mass is 10.0. The lowest BCUT2D eigenvalue weighted by molar-refractivity contribution is 0.0224. The highest BCUT2D eigenvalue weighted by molar-refractivity contribution is 6.31. The summed E-state index contributed by atoms with van der Waals surface area (Å²) < 4.78 is 7.86. The molecule has 0 saturated heterocycles. The number of carbonyl (C=O) groups excluding carboxylic acids is 1. The third-order valence-electron chi connectivity index (χ3n) is 4.78. The Balaban J connectivity index is 1.81. The summed E-state index contributed by atoms with van der Waals surface area (Å²) in [5, 5.41) is 1.79. The van der Waals surface area contributed by atoms with Gasteiger partial charge in [0.2, 0.25) is 0 Å². The minimum absolute atomic E-state index is 0.268. The van der Waals surface area contributed by atoms with Crippen LogP contribution < -0.4 is 0 Å². The maximum absolute atomic E-state index is 12.6. The smallest absolute Gasteiger partial charge is 0.410 e. The second-order valence-corrected chi connectivity index (χ2v) is 8.35. The third kappa shape index (κ3) is 3.42. The lowest BCUT2D eigenvalue weighted by Crippen LogP contribution is -2.40. The van der Waals surface area contributed by atoms with Gasteiger partial charge in [-0.25, -0.2) is 4.79 Å². The van der Waals surface area contributed by atoms with Crippen LogP contribution in [0, 0.1) is 0 Å². The molecule has 1 amide bonds. The van der Waals surface area contributed by atoms with Gasteiger partial charge in [-0.05, 0) is 51.1 Å². The van der Waals surface area contributed by atoms with Crippen LogP contribution in [0.3, 0.4) is 0 Å². The first-order chi connectivity index (χ1) is 12.8. The Hall–Kier alpha value is -2.46. The van der Waals surface area contributed by atoms with Crippen molar-refractivity contribution in [2.24, 2.45) is 0 Å². The van der Waals surface area contributed by atoms with Gasteiger partial charge in [-0.3, -0.25) is 0 Å². The Morgan fingerprint density at radius 3 is 2.56 bits per heavy atom. The summed E-state index contributed by atoms with van der Waals surface area (Å²) in [6.07, 6.45) is 0.506. The van der Waals surface area contributed by atoms with Crippen LogP contribution >= 0.6 is 11.6 Å². The van der Waals surface area contributed by atoms with Crippen molar-refractivity contribution in [2.45, 2.75) is 39.3 Å². The molecule has 0 unspecified atom stereocenters. The van der Waals surface area contributed by atoms with Gasteiger partial charge >= 0.3 is 6.09 Å². The van der Waals surface area contributed by atoms with Crippen LogP contribution in [-0.4, -0.2) is 27.7 Å². The average Bonchev–Trinajstić information content (AvgIpc) is 2.94. The van der Waals surface area contributed by atoms with Crippen molar-refractivity contribution in [3.63, 3.8) is 0 Å². The second kappa shape index (κ2) is 6.61. The van der Waals surface area contributed by atoms with Gasteiger partial charge in [-0.15, -0.1) is 0 Å². The molecule has 4 nitrogen and oxygen atoms in total. The van der Waals surface area contributed by atoms with Crippen LogP contribution in [0.15, 0.2) is 48.5 Å². The lowest BCUT2D eigenvalue weighted by Gasteiger charge is -2.30. The van der Waals surface area contributed by atoms with E-state index in [0.29, 0.717) is 18.1 Å². The van der Waals surface area contributed by atoms with E-state index in [1.807, 2.05) is 51.1 Å². The number of halogens is 1. The van der Waals surface area contributed by atoms with Gasteiger partial charge in [-0.2, -0.15) is 0 Å². The summed E-state index contributed by atoms with van der Waals surface area (Å²) >= 11 is 6.29. The van der Waals surface area contributed by atoms with E-state index >= 15 is 0 Å². The summed E-state index contributed by atoms with van der Waals surface area (Å²) in [5.74, 6) is 0. The van der Waals surface area contributed by atoms with Crippen molar-refractivity contribution in [1.29, 1.82) is 0 Å². The van der Waals surface area contributed by atoms with Crippen LogP contribution in [0.4, 0.5) is 4.79 Å². The number of para-hydroxylation sites is 1. The Bertz CT molecular complexity index is 1000. The zero-order valence-electron chi connectivity index (χ0n) is 15.8. The summed E-state index contributed by atoms with van der Waals surface area (Å²) in [7, 11) is 0. The Morgan fingerprint density at radius 1 is 1.11 bits per heavy atom. The molecule has 0 fully saturated rings. The van der Waals surface area contributed by atoms with Crippen molar-refractivity contribution in [1.82, 2.24) is 9.47 Å². The molecule has 0 bridgehead atoms. The predicted octanol–water partition coefficient (Wildman–Crippen LogP) is 5.58. The molecule has 0 aliphatic carbocycles. The summed E-state index contributed by atoms with van der Waals surface area (Å²) in [5.41, 5.74) is 4.11. The highest BCUT2D eigenvalue weighted by atomic mass is 35.5. The van der Waals surface area contributed by atoms with Crippen molar-refractivity contribution >= 4 is 28.6 Å². The predicted molar refractivity (Wildman–Crippen MR) is 109 cm³/mol. The van der Waals surface area contributed by atoms with E-state index in [-0.39, 0.29) is 6.09 Å². The number of benzene rings is 2. The molecule has 2 heterocycles. The monoisotopic (exact) mass is 382 g/mol. The molecule has 1 aliphatic heterocycles. The molecule has 5 heteroatoms. The van der Waals surface area contributed by atoms with Gasteiger partial charge < -0.3 is 14.2 Å². The molecule has 0 saturated carbocycles. The van der Waals surface area contributed by atoms with E-state index in [4.69, 9.17) is 16.3 Å². The van der Waals surface area contributed by atoms with Crippen LogP contribution in [0.5, 0.6) is 0 Å². The van der Waals surface area contributed by atoms with Crippen LogP contribution in [0.2, 0.25) is 5.02 Å². The Morgan fingerprint density at radius 2 is 1.85 bits per heavy atom. The third-order valence-corrected chi connectivity index (χ3v) is 5.01. The summed E-state index contributed by atoms with van der Waals surface area (Å²) in [6, 6.07) is 16.3. The van der Waals surface area contributed by atoms with E-state index in [0.717, 1.165) is 28.6 Å². The fourth-order valence-corrected chi connectivity index (χ4v) is 3.86. The second-order valence-electron chi connectivity index (χ2n) is 7.91. The number of rotatable bonds is 1. The number of nitrogens with zero attached hydrogens (tertiary/aromatic N) is 2. The fraction of sp³-hybridized carbons (Fsp3) is 0.318. The van der Waals surface area contributed by atoms with E-state index in [1.165, 1.54) is 5.69 Å². The maximum atomic E-state index is 12.6. The number of carbonyl (C=O) groups is 1. The molecule has 3 aromatic rings. The van der Waals surface area contributed by atoms with E-state index in [9.17, 15) is 4.79 Å². The minimum Gasteiger partial charge on any atom is -0.444 e. The zero-order valence-corrected chi connectivity index (χ0v) is 16.6. The molecule has 2 aromatic carbocycles. The normalized spacial score (nSPS) is 14.3. The van der Waals surface area contributed by atoms with E-state index < -0.39 is 5.60 Å². The topological polar surface area (TPSA) is 34.5 Å². The molecular formula is C22H23ClN2O2. The molecule has 0 radical (unpaired) electrons. The molecule has 1 aromatic heterocycles. The molecule has 0 N–H and O–H groups in total. The van der Waals surface area contributed by atoms with Crippen molar-refractivity contribution in [2.75, 3.05) is 6.54 Å². The molecule has 4 rings (SSSR count). The van der Waals surface area contributed by atoms with Gasteiger partial charge in [0.05, 0.1) is 12.1 Å². The number of amides is 1. The highest BCUT2D eigenvalue weighted by Crippen LogP contribution is 2.35. The molecule has 0 spiro atoms. The van der Waals surface area contributed by atoms with Crippen LogP contribution in [0.25, 0.3) is 16.6 Å². The van der Waals surface area contributed by atoms with E-state index in [2.05, 4.69) is 22.8 Å². The maximum Gasteiger partial charge on any atom is 0.410 e. The first kappa shape index (κ1) is 17.9.